The molecule has 5 atom stereocenters. The van der Waals surface area contributed by atoms with E-state index in [0.717, 1.165) is 30.7 Å². The maximum Gasteiger partial charge on any atom is 0.337 e. The van der Waals surface area contributed by atoms with Gasteiger partial charge in [0.15, 0.2) is 0 Å². The number of hydrogen-bond donors (Lipinski definition) is 2. The molecule has 1 aromatic heterocycles. The largest absolute Gasteiger partial charge is 0.497 e. The first-order valence-electron chi connectivity index (χ1n) is 9.55. The van der Waals surface area contributed by atoms with Gasteiger partial charge in [0.05, 0.1) is 37.2 Å². The number of piperidine rings is 1. The zero-order valence-corrected chi connectivity index (χ0v) is 15.5. The smallest absolute Gasteiger partial charge is 0.337 e. The van der Waals surface area contributed by atoms with E-state index >= 15 is 0 Å². The number of aromatic nitrogens is 1. The van der Waals surface area contributed by atoms with Crippen LogP contribution in [0.5, 0.6) is 0 Å². The van der Waals surface area contributed by atoms with Crippen LogP contribution < -0.4 is 0 Å². The molecule has 3 aliphatic heterocycles. The molecule has 6 nitrogen and oxygen atoms in total. The second-order valence-electron chi connectivity index (χ2n) is 7.84. The molecule has 0 saturated carbocycles. The summed E-state index contributed by atoms with van der Waals surface area (Å²) in [6.07, 6.45) is 1.69. The summed E-state index contributed by atoms with van der Waals surface area (Å²) in [6, 6.07) is 8.13. The number of para-hydroxylation sites is 1. The highest BCUT2D eigenvalue weighted by molar-refractivity contribution is 5.89. The SMILES string of the molecule is COC(=O)C1=CO[C@H](C)C2CN3CCc4c([nH]c5ccccc45)C3[C@@H](O)C12.[HH].[HH].[HH]. The van der Waals surface area contributed by atoms with Crippen LogP contribution >= 0.6 is 0 Å². The van der Waals surface area contributed by atoms with Gasteiger partial charge >= 0.3 is 5.97 Å². The lowest BCUT2D eigenvalue weighted by molar-refractivity contribution is -0.143. The van der Waals surface area contributed by atoms with Crippen molar-refractivity contribution in [1.29, 1.82) is 0 Å². The molecule has 1 fully saturated rings. The molecule has 3 unspecified atom stereocenters. The summed E-state index contributed by atoms with van der Waals surface area (Å²) in [4.78, 5) is 18.2. The van der Waals surface area contributed by atoms with E-state index in [9.17, 15) is 9.90 Å². The van der Waals surface area contributed by atoms with Crippen LogP contribution in [0, 0.1) is 11.8 Å². The van der Waals surface area contributed by atoms with Gasteiger partial charge in [0, 0.05) is 45.8 Å². The average Bonchev–Trinajstić information content (AvgIpc) is 3.06. The number of aliphatic hydroxyl groups excluding tert-OH is 1. The van der Waals surface area contributed by atoms with Gasteiger partial charge in [-0.1, -0.05) is 18.2 Å². The summed E-state index contributed by atoms with van der Waals surface area (Å²) >= 11 is 0. The Morgan fingerprint density at radius 2 is 2.22 bits per heavy atom. The third-order valence-electron chi connectivity index (χ3n) is 6.58. The molecule has 0 amide bonds. The average molecular weight is 374 g/mol. The monoisotopic (exact) mass is 374 g/mol. The Labute approximate surface area is 162 Å². The molecule has 0 radical (unpaired) electrons. The molecular weight excluding hydrogens is 344 g/mol. The molecule has 1 aromatic carbocycles. The number of rotatable bonds is 1. The second-order valence-corrected chi connectivity index (χ2v) is 7.84. The Hall–Kier alpha value is -2.31. The molecule has 4 heterocycles. The van der Waals surface area contributed by atoms with Crippen molar-refractivity contribution in [2.45, 2.75) is 31.6 Å². The third-order valence-corrected chi connectivity index (χ3v) is 6.58. The standard InChI is InChI=1S/C21H24N2O4.3H2/c1-11-14-9-23-8-7-13-12-5-3-4-6-16(12)22-18(13)19(23)20(24)17(14)15(10-27-11)21(25)26-2;;;/h3-6,10-11,14,17,19-20,22,24H,7-9H2,1-2H3;3*1H/t11-,14?,17?,19?,20+;;;/m1.../s1. The van der Waals surface area contributed by atoms with Crippen LogP contribution in [0.1, 0.15) is 28.5 Å². The van der Waals surface area contributed by atoms with E-state index in [2.05, 4.69) is 28.1 Å². The topological polar surface area (TPSA) is 74.8 Å². The van der Waals surface area contributed by atoms with Crippen molar-refractivity contribution in [2.24, 2.45) is 11.8 Å². The minimum atomic E-state index is -0.701. The highest BCUT2D eigenvalue weighted by atomic mass is 16.5. The zero-order valence-electron chi connectivity index (χ0n) is 15.5. The van der Waals surface area contributed by atoms with Crippen LogP contribution in [0.15, 0.2) is 36.1 Å². The lowest BCUT2D eigenvalue weighted by atomic mass is 9.70. The Morgan fingerprint density at radius 1 is 1.41 bits per heavy atom. The van der Waals surface area contributed by atoms with Crippen LogP contribution in [0.2, 0.25) is 0 Å². The van der Waals surface area contributed by atoms with E-state index in [1.807, 2.05) is 13.0 Å². The quantitative estimate of drug-likeness (QED) is 0.751. The lowest BCUT2D eigenvalue weighted by Crippen LogP contribution is -2.58. The summed E-state index contributed by atoms with van der Waals surface area (Å²) in [5.41, 5.74) is 3.91. The van der Waals surface area contributed by atoms with Crippen LogP contribution in [-0.2, 0) is 20.7 Å². The van der Waals surface area contributed by atoms with Gasteiger partial charge in [-0.3, -0.25) is 4.90 Å². The van der Waals surface area contributed by atoms with Crippen molar-refractivity contribution in [2.75, 3.05) is 20.2 Å². The summed E-state index contributed by atoms with van der Waals surface area (Å²) < 4.78 is 10.7. The number of nitrogens with one attached hydrogen (secondary N) is 1. The summed E-state index contributed by atoms with van der Waals surface area (Å²) in [7, 11) is 1.37. The van der Waals surface area contributed by atoms with Crippen LogP contribution in [0.4, 0.5) is 0 Å². The van der Waals surface area contributed by atoms with Crippen molar-refractivity contribution < 1.29 is 23.7 Å². The first kappa shape index (κ1) is 16.8. The number of carbonyl (C=O) groups excluding carboxylic acids is 1. The van der Waals surface area contributed by atoms with Gasteiger partial charge in [-0.25, -0.2) is 4.79 Å². The molecular formula is C21H30N2O4. The highest BCUT2D eigenvalue weighted by Crippen LogP contribution is 2.47. The number of fused-ring (bicyclic) bond motifs is 6. The molecule has 148 valence electrons. The van der Waals surface area contributed by atoms with Gasteiger partial charge < -0.3 is 19.6 Å². The van der Waals surface area contributed by atoms with Gasteiger partial charge in [-0.2, -0.15) is 0 Å². The predicted molar refractivity (Wildman–Crippen MR) is 106 cm³/mol. The van der Waals surface area contributed by atoms with Crippen molar-refractivity contribution >= 4 is 16.9 Å². The summed E-state index contributed by atoms with van der Waals surface area (Å²) in [5, 5.41) is 12.7. The number of esters is 1. The van der Waals surface area contributed by atoms with Crippen molar-refractivity contribution in [1.82, 2.24) is 9.88 Å². The molecule has 0 spiro atoms. The highest BCUT2D eigenvalue weighted by Gasteiger charge is 2.52. The fourth-order valence-corrected chi connectivity index (χ4v) is 5.26. The van der Waals surface area contributed by atoms with Crippen molar-refractivity contribution in [3.63, 3.8) is 0 Å². The number of ether oxygens (including phenoxy) is 2. The van der Waals surface area contributed by atoms with Gasteiger partial charge in [-0.15, -0.1) is 0 Å². The Balaban J connectivity index is 0.00000107. The van der Waals surface area contributed by atoms with Gasteiger partial charge in [0.1, 0.15) is 0 Å². The number of methoxy groups -OCH3 is 1. The predicted octanol–water partition coefficient (Wildman–Crippen LogP) is 2.89. The van der Waals surface area contributed by atoms with Crippen LogP contribution in [0.3, 0.4) is 0 Å². The fraction of sp³-hybridized carbons (Fsp3) is 0.476. The van der Waals surface area contributed by atoms with Crippen molar-refractivity contribution in [3.05, 3.63) is 47.4 Å². The molecule has 3 aliphatic rings. The van der Waals surface area contributed by atoms with Gasteiger partial charge in [0.25, 0.3) is 0 Å². The minimum Gasteiger partial charge on any atom is -0.497 e. The minimum absolute atomic E-state index is 0. The van der Waals surface area contributed by atoms with Crippen LogP contribution in [0.25, 0.3) is 10.9 Å². The third kappa shape index (κ3) is 2.36. The van der Waals surface area contributed by atoms with Crippen molar-refractivity contribution in [3.8, 4) is 0 Å². The molecule has 2 aromatic rings. The first-order valence-corrected chi connectivity index (χ1v) is 9.55. The number of benzene rings is 1. The van der Waals surface area contributed by atoms with E-state index in [-0.39, 0.29) is 28.3 Å². The number of H-pyrrole nitrogens is 1. The van der Waals surface area contributed by atoms with Crippen LogP contribution in [-0.4, -0.2) is 53.4 Å². The Bertz CT molecular complexity index is 947. The number of aromatic amines is 1. The summed E-state index contributed by atoms with van der Waals surface area (Å²) in [5.74, 6) is -0.654. The summed E-state index contributed by atoms with van der Waals surface area (Å²) in [6.45, 7) is 3.69. The zero-order chi connectivity index (χ0) is 18.7. The van der Waals surface area contributed by atoms with E-state index in [4.69, 9.17) is 9.47 Å². The molecule has 27 heavy (non-hydrogen) atoms. The number of hydrogen-bond acceptors (Lipinski definition) is 5. The number of carbonyl (C=O) groups is 1. The van der Waals surface area contributed by atoms with E-state index in [1.165, 1.54) is 24.3 Å². The Kier molecular flexibility index (Phi) is 3.81. The molecule has 5 rings (SSSR count). The lowest BCUT2D eigenvalue weighted by Gasteiger charge is -2.51. The van der Waals surface area contributed by atoms with Gasteiger partial charge in [-0.05, 0) is 25.0 Å². The maximum atomic E-state index is 12.3. The normalized spacial score (nSPS) is 32.7. The second kappa shape index (κ2) is 6.11. The molecule has 2 N–H and O–H groups in total. The molecule has 0 bridgehead atoms. The molecule has 6 heteroatoms. The molecule has 1 saturated heterocycles. The van der Waals surface area contributed by atoms with E-state index < -0.39 is 12.1 Å². The molecule has 0 aliphatic carbocycles. The van der Waals surface area contributed by atoms with E-state index in [1.54, 1.807) is 0 Å². The first-order chi connectivity index (χ1) is 13.1. The fourth-order valence-electron chi connectivity index (χ4n) is 5.26. The number of aliphatic hydroxyl groups is 1. The number of nitrogens with zero attached hydrogens (tertiary/aromatic N) is 1. The Morgan fingerprint density at radius 3 is 3.04 bits per heavy atom. The van der Waals surface area contributed by atoms with E-state index in [0.29, 0.717) is 5.57 Å². The van der Waals surface area contributed by atoms with Gasteiger partial charge in [0.2, 0.25) is 0 Å². The maximum absolute atomic E-state index is 12.3.